The lowest BCUT2D eigenvalue weighted by atomic mass is 9.88. The maximum absolute atomic E-state index is 12.7. The van der Waals surface area contributed by atoms with E-state index >= 15 is 0 Å². The summed E-state index contributed by atoms with van der Waals surface area (Å²) in [5.41, 5.74) is 2.51. The van der Waals surface area contributed by atoms with Crippen molar-refractivity contribution in [2.75, 3.05) is 6.61 Å². The lowest BCUT2D eigenvalue weighted by Gasteiger charge is -2.28. The molecule has 4 aliphatic rings. The first kappa shape index (κ1) is 28.0. The molecule has 2 bridgehead atoms. The topological polar surface area (TPSA) is 77.5 Å². The van der Waals surface area contributed by atoms with E-state index in [9.17, 15) is 9.90 Å². The Morgan fingerprint density at radius 2 is 1.95 bits per heavy atom. The van der Waals surface area contributed by atoms with Crippen LogP contribution in [-0.2, 0) is 23.7 Å². The molecule has 6 nitrogen and oxygen atoms in total. The number of carbonyl (C=O) groups excluding carboxylic acids is 1. The minimum absolute atomic E-state index is 0.0436. The number of fused-ring (bicyclic) bond motifs is 3. The van der Waals surface area contributed by atoms with Crippen molar-refractivity contribution < 1.29 is 28.8 Å². The van der Waals surface area contributed by atoms with Gasteiger partial charge in [-0.1, -0.05) is 68.0 Å². The van der Waals surface area contributed by atoms with Crippen molar-refractivity contribution in [3.05, 3.63) is 60.3 Å². The maximum Gasteiger partial charge on any atom is 0.330 e. The number of cyclic esters (lactones) is 1. The molecule has 0 aromatic carbocycles. The number of aliphatic hydroxyl groups is 1. The van der Waals surface area contributed by atoms with Gasteiger partial charge in [0.1, 0.15) is 12.2 Å². The Morgan fingerprint density at radius 1 is 1.11 bits per heavy atom. The molecule has 1 fully saturated rings. The summed E-state index contributed by atoms with van der Waals surface area (Å²) in [5.74, 6) is 0.349. The molecule has 0 radical (unpaired) electrons. The summed E-state index contributed by atoms with van der Waals surface area (Å²) in [6, 6.07) is 0. The third-order valence-corrected chi connectivity index (χ3v) is 7.74. The van der Waals surface area contributed by atoms with E-state index in [1.807, 2.05) is 6.08 Å². The van der Waals surface area contributed by atoms with Gasteiger partial charge in [-0.05, 0) is 57.3 Å². The fraction of sp³-hybridized carbons (Fsp3) is 0.645. The number of hydrogen-bond acceptors (Lipinski definition) is 6. The van der Waals surface area contributed by atoms with Crippen LogP contribution in [0.15, 0.2) is 60.3 Å². The molecular weight excluding hydrogens is 468 g/mol. The standard InChI is InChI=1S/C31H44O6/c1-20-13-14-34-25(17-20)11-12-27(32)28-19-29-31(37-29)23(4)16-21(2)15-22(3)18-26-9-5-7-24(35-26)8-6-10-30(33)36-28/h5-7,10-13,22-29,31-32H,2,8-9,14-19H2,1,3-4H3/b10-6-,12-11+/t22-,23-,24-,25+,26-,27-,28-,29-,31+/m0/s1. The molecule has 4 aliphatic heterocycles. The molecule has 4 heterocycles. The molecule has 0 amide bonds. The molecule has 4 rings (SSSR count). The van der Waals surface area contributed by atoms with E-state index in [-0.39, 0.29) is 30.5 Å². The molecule has 0 aromatic heterocycles. The van der Waals surface area contributed by atoms with Gasteiger partial charge in [-0.15, -0.1) is 0 Å². The van der Waals surface area contributed by atoms with Gasteiger partial charge in [-0.3, -0.25) is 0 Å². The third kappa shape index (κ3) is 8.78. The van der Waals surface area contributed by atoms with Gasteiger partial charge < -0.3 is 24.1 Å². The van der Waals surface area contributed by atoms with Gasteiger partial charge >= 0.3 is 5.97 Å². The van der Waals surface area contributed by atoms with Crippen LogP contribution in [0.3, 0.4) is 0 Å². The minimum atomic E-state index is -0.945. The normalized spacial score (nSPS) is 39.6. The second-order valence-corrected chi connectivity index (χ2v) is 11.4. The zero-order chi connectivity index (χ0) is 26.4. The number of carbonyl (C=O) groups is 1. The molecule has 0 aromatic rings. The van der Waals surface area contributed by atoms with Crippen molar-refractivity contribution in [1.29, 1.82) is 0 Å². The number of ether oxygens (including phenoxy) is 4. The summed E-state index contributed by atoms with van der Waals surface area (Å²) in [5, 5.41) is 11.0. The number of hydrogen-bond donors (Lipinski definition) is 1. The molecule has 0 saturated carbocycles. The number of rotatable bonds is 3. The number of esters is 1. The molecule has 0 unspecified atom stereocenters. The Bertz CT molecular complexity index is 917. The smallest absolute Gasteiger partial charge is 0.330 e. The van der Waals surface area contributed by atoms with Crippen LogP contribution in [0.4, 0.5) is 0 Å². The van der Waals surface area contributed by atoms with E-state index in [1.165, 1.54) is 17.2 Å². The second kappa shape index (κ2) is 13.2. The molecule has 1 saturated heterocycles. The summed E-state index contributed by atoms with van der Waals surface area (Å²) in [6.45, 7) is 11.5. The number of aliphatic hydroxyl groups excluding tert-OH is 1. The van der Waals surface area contributed by atoms with Crippen molar-refractivity contribution in [2.45, 2.75) is 108 Å². The van der Waals surface area contributed by atoms with Crippen LogP contribution >= 0.6 is 0 Å². The van der Waals surface area contributed by atoms with Crippen LogP contribution in [0.5, 0.6) is 0 Å². The predicted molar refractivity (Wildman–Crippen MR) is 144 cm³/mol. The summed E-state index contributed by atoms with van der Waals surface area (Å²) in [7, 11) is 0. The van der Waals surface area contributed by atoms with Crippen LogP contribution in [0.1, 0.15) is 65.7 Å². The summed E-state index contributed by atoms with van der Waals surface area (Å²) >= 11 is 0. The van der Waals surface area contributed by atoms with E-state index in [0.717, 1.165) is 32.1 Å². The fourth-order valence-corrected chi connectivity index (χ4v) is 5.77. The molecule has 1 N–H and O–H groups in total. The average Bonchev–Trinajstić information content (AvgIpc) is 3.61. The third-order valence-electron chi connectivity index (χ3n) is 7.74. The molecule has 37 heavy (non-hydrogen) atoms. The predicted octanol–water partition coefficient (Wildman–Crippen LogP) is 5.38. The second-order valence-electron chi connectivity index (χ2n) is 11.4. The van der Waals surface area contributed by atoms with Crippen LogP contribution in [0, 0.1) is 11.8 Å². The van der Waals surface area contributed by atoms with Crippen molar-refractivity contribution in [3.63, 3.8) is 0 Å². The zero-order valence-corrected chi connectivity index (χ0v) is 22.6. The Hall–Kier alpha value is -1.99. The van der Waals surface area contributed by atoms with E-state index in [4.69, 9.17) is 18.9 Å². The van der Waals surface area contributed by atoms with E-state index < -0.39 is 18.2 Å². The largest absolute Gasteiger partial charge is 0.456 e. The Kier molecular flexibility index (Phi) is 9.99. The van der Waals surface area contributed by atoms with Gasteiger partial charge in [0.05, 0.1) is 37.1 Å². The first-order valence-corrected chi connectivity index (χ1v) is 13.9. The number of epoxide rings is 1. The highest BCUT2D eigenvalue weighted by Gasteiger charge is 2.45. The Balaban J connectivity index is 1.44. The zero-order valence-electron chi connectivity index (χ0n) is 22.6. The van der Waals surface area contributed by atoms with Crippen molar-refractivity contribution in [2.24, 2.45) is 11.8 Å². The fourth-order valence-electron chi connectivity index (χ4n) is 5.77. The van der Waals surface area contributed by atoms with Crippen molar-refractivity contribution in [1.82, 2.24) is 0 Å². The van der Waals surface area contributed by atoms with Crippen molar-refractivity contribution >= 4 is 5.97 Å². The minimum Gasteiger partial charge on any atom is -0.456 e. The van der Waals surface area contributed by atoms with Crippen LogP contribution < -0.4 is 0 Å². The first-order chi connectivity index (χ1) is 17.8. The molecule has 9 atom stereocenters. The first-order valence-electron chi connectivity index (χ1n) is 13.9. The summed E-state index contributed by atoms with van der Waals surface area (Å²) in [6.07, 6.45) is 17.2. The molecule has 0 spiro atoms. The highest BCUT2D eigenvalue weighted by Crippen LogP contribution is 2.38. The van der Waals surface area contributed by atoms with Gasteiger partial charge in [-0.25, -0.2) is 4.79 Å². The van der Waals surface area contributed by atoms with E-state index in [2.05, 4.69) is 45.6 Å². The lowest BCUT2D eigenvalue weighted by Crippen LogP contribution is -2.32. The summed E-state index contributed by atoms with van der Waals surface area (Å²) < 4.78 is 23.8. The monoisotopic (exact) mass is 512 g/mol. The Morgan fingerprint density at radius 3 is 2.76 bits per heavy atom. The van der Waals surface area contributed by atoms with Crippen LogP contribution in [-0.4, -0.2) is 60.4 Å². The number of allylic oxidation sites excluding steroid dienone is 1. The van der Waals surface area contributed by atoms with Gasteiger partial charge in [0.15, 0.2) is 0 Å². The van der Waals surface area contributed by atoms with E-state index in [1.54, 1.807) is 12.2 Å². The van der Waals surface area contributed by atoms with Gasteiger partial charge in [0.2, 0.25) is 0 Å². The van der Waals surface area contributed by atoms with Crippen LogP contribution in [0.2, 0.25) is 0 Å². The highest BCUT2D eigenvalue weighted by atomic mass is 16.6. The molecular formula is C31H44O6. The van der Waals surface area contributed by atoms with E-state index in [0.29, 0.717) is 31.3 Å². The lowest BCUT2D eigenvalue weighted by molar-refractivity contribution is -0.148. The average molecular weight is 513 g/mol. The molecule has 0 aliphatic carbocycles. The SMILES string of the molecule is C=C1C[C@H](C)C[C@@H]2CC=C[C@@H](C/C=C\C(=O)O[C@H]([C@@H](O)/C=C/[C@@H]3CC(C)=CCO3)C[C@@H]3O[C@@H]3[C@@H](C)C1)O2. The van der Waals surface area contributed by atoms with Crippen molar-refractivity contribution in [3.8, 4) is 0 Å². The highest BCUT2D eigenvalue weighted by molar-refractivity contribution is 5.82. The summed E-state index contributed by atoms with van der Waals surface area (Å²) in [4.78, 5) is 12.7. The van der Waals surface area contributed by atoms with Gasteiger partial charge in [0.25, 0.3) is 0 Å². The quantitative estimate of drug-likeness (QED) is 0.311. The maximum atomic E-state index is 12.7. The Labute approximate surface area is 222 Å². The molecule has 6 heteroatoms. The molecule has 204 valence electrons. The van der Waals surface area contributed by atoms with Gasteiger partial charge in [0, 0.05) is 12.5 Å². The van der Waals surface area contributed by atoms with Crippen LogP contribution in [0.25, 0.3) is 0 Å². The van der Waals surface area contributed by atoms with Gasteiger partial charge in [-0.2, -0.15) is 0 Å².